The number of rotatable bonds is 4. The molecule has 0 radical (unpaired) electrons. The minimum Gasteiger partial charge on any atom is -0.382 e. The van der Waals surface area contributed by atoms with Crippen molar-refractivity contribution in [1.82, 2.24) is 15.0 Å². The van der Waals surface area contributed by atoms with Crippen LogP contribution in [0.25, 0.3) is 0 Å². The Bertz CT molecular complexity index is 539. The molecular formula is C13H16ClN3O. The van der Waals surface area contributed by atoms with Crippen LogP contribution in [0, 0.1) is 6.92 Å². The van der Waals surface area contributed by atoms with Crippen LogP contribution in [0.1, 0.15) is 36.3 Å². The fourth-order valence-corrected chi connectivity index (χ4v) is 2.19. The van der Waals surface area contributed by atoms with Crippen molar-refractivity contribution in [2.24, 2.45) is 0 Å². The van der Waals surface area contributed by atoms with Crippen LogP contribution in [-0.4, -0.2) is 20.1 Å². The highest BCUT2D eigenvalue weighted by molar-refractivity contribution is 6.30. The number of aryl methyl sites for hydroxylation is 2. The van der Waals surface area contributed by atoms with Crippen molar-refractivity contribution in [2.75, 3.05) is 0 Å². The van der Waals surface area contributed by atoms with Gasteiger partial charge in [-0.05, 0) is 36.6 Å². The number of benzene rings is 1. The molecule has 1 aromatic carbocycles. The topological polar surface area (TPSA) is 50.9 Å². The van der Waals surface area contributed by atoms with Gasteiger partial charge in [-0.25, -0.2) is 4.68 Å². The number of halogens is 1. The van der Waals surface area contributed by atoms with Crippen molar-refractivity contribution in [3.63, 3.8) is 0 Å². The molecule has 0 saturated heterocycles. The van der Waals surface area contributed by atoms with Crippen LogP contribution in [0.4, 0.5) is 0 Å². The van der Waals surface area contributed by atoms with E-state index in [-0.39, 0.29) is 0 Å². The molecule has 1 N–H and O–H groups in total. The van der Waals surface area contributed by atoms with Crippen molar-refractivity contribution in [3.05, 3.63) is 46.2 Å². The predicted octanol–water partition coefficient (Wildman–Crippen LogP) is 2.73. The number of hydrogen-bond donors (Lipinski definition) is 1. The Kier molecular flexibility index (Phi) is 3.99. The zero-order valence-corrected chi connectivity index (χ0v) is 11.2. The summed E-state index contributed by atoms with van der Waals surface area (Å²) < 4.78 is 1.73. The largest absolute Gasteiger partial charge is 0.382 e. The summed E-state index contributed by atoms with van der Waals surface area (Å²) in [6.45, 7) is 4.74. The molecule has 0 saturated carbocycles. The number of aliphatic hydroxyl groups is 1. The predicted molar refractivity (Wildman–Crippen MR) is 70.6 cm³/mol. The average molecular weight is 266 g/mol. The molecule has 1 unspecified atom stereocenters. The molecule has 0 aliphatic carbocycles. The first kappa shape index (κ1) is 13.1. The summed E-state index contributed by atoms with van der Waals surface area (Å²) in [5, 5.41) is 18.9. The average Bonchev–Trinajstić information content (AvgIpc) is 2.77. The molecule has 18 heavy (non-hydrogen) atoms. The van der Waals surface area contributed by atoms with E-state index in [1.165, 1.54) is 0 Å². The standard InChI is InChI=1S/C13H16ClN3O/c1-3-6-17-12(8-15-16-17)13(18)11-5-4-10(14)7-9(11)2/h4-5,7-8,13,18H,3,6H2,1-2H3. The normalized spacial score (nSPS) is 12.7. The van der Waals surface area contributed by atoms with Crippen LogP contribution in [0.5, 0.6) is 0 Å². The molecule has 0 aliphatic rings. The van der Waals surface area contributed by atoms with Crippen molar-refractivity contribution in [2.45, 2.75) is 32.9 Å². The van der Waals surface area contributed by atoms with Gasteiger partial charge in [-0.2, -0.15) is 0 Å². The van der Waals surface area contributed by atoms with Crippen molar-refractivity contribution in [1.29, 1.82) is 0 Å². The second-order valence-corrected chi connectivity index (χ2v) is 4.72. The lowest BCUT2D eigenvalue weighted by Crippen LogP contribution is -2.11. The molecule has 2 aromatic rings. The van der Waals surface area contributed by atoms with Crippen LogP contribution < -0.4 is 0 Å². The monoisotopic (exact) mass is 265 g/mol. The molecule has 0 fully saturated rings. The third-order valence-corrected chi connectivity index (χ3v) is 3.12. The molecule has 0 spiro atoms. The van der Waals surface area contributed by atoms with Gasteiger partial charge in [-0.1, -0.05) is 29.8 Å². The SMILES string of the molecule is CCCn1nncc1C(O)c1ccc(Cl)cc1C. The lowest BCUT2D eigenvalue weighted by Gasteiger charge is -2.14. The Morgan fingerprint density at radius 3 is 2.89 bits per heavy atom. The van der Waals surface area contributed by atoms with Gasteiger partial charge in [0.2, 0.25) is 0 Å². The van der Waals surface area contributed by atoms with Gasteiger partial charge in [0.25, 0.3) is 0 Å². The molecule has 5 heteroatoms. The number of aliphatic hydroxyl groups excluding tert-OH is 1. The van der Waals surface area contributed by atoms with Gasteiger partial charge in [-0.3, -0.25) is 0 Å². The summed E-state index contributed by atoms with van der Waals surface area (Å²) in [5.74, 6) is 0. The third-order valence-electron chi connectivity index (χ3n) is 2.89. The molecule has 1 aromatic heterocycles. The first-order valence-electron chi connectivity index (χ1n) is 5.96. The fourth-order valence-electron chi connectivity index (χ4n) is 1.97. The Morgan fingerprint density at radius 2 is 2.22 bits per heavy atom. The smallest absolute Gasteiger partial charge is 0.123 e. The van der Waals surface area contributed by atoms with E-state index in [0.717, 1.165) is 24.1 Å². The summed E-state index contributed by atoms with van der Waals surface area (Å²) in [7, 11) is 0. The van der Waals surface area contributed by atoms with Gasteiger partial charge in [-0.15, -0.1) is 5.10 Å². The highest BCUT2D eigenvalue weighted by atomic mass is 35.5. The van der Waals surface area contributed by atoms with Gasteiger partial charge < -0.3 is 5.11 Å². The second-order valence-electron chi connectivity index (χ2n) is 4.29. The van der Waals surface area contributed by atoms with Crippen molar-refractivity contribution >= 4 is 11.6 Å². The highest BCUT2D eigenvalue weighted by Crippen LogP contribution is 2.26. The molecule has 1 heterocycles. The summed E-state index contributed by atoms with van der Waals surface area (Å²) in [5.41, 5.74) is 2.50. The molecule has 0 aliphatic heterocycles. The molecule has 1 atom stereocenters. The van der Waals surface area contributed by atoms with Crippen LogP contribution >= 0.6 is 11.6 Å². The number of nitrogens with zero attached hydrogens (tertiary/aromatic N) is 3. The molecule has 4 nitrogen and oxygen atoms in total. The van der Waals surface area contributed by atoms with Gasteiger partial charge in [0, 0.05) is 11.6 Å². The Morgan fingerprint density at radius 1 is 1.44 bits per heavy atom. The molecule has 0 amide bonds. The van der Waals surface area contributed by atoms with Crippen molar-refractivity contribution < 1.29 is 5.11 Å². The van der Waals surface area contributed by atoms with E-state index in [4.69, 9.17) is 11.6 Å². The zero-order chi connectivity index (χ0) is 13.1. The molecular weight excluding hydrogens is 250 g/mol. The van der Waals surface area contributed by atoms with Gasteiger partial charge in [0.15, 0.2) is 0 Å². The zero-order valence-electron chi connectivity index (χ0n) is 10.5. The van der Waals surface area contributed by atoms with Crippen LogP contribution in [0.2, 0.25) is 5.02 Å². The second kappa shape index (κ2) is 5.50. The molecule has 0 bridgehead atoms. The van der Waals surface area contributed by atoms with E-state index >= 15 is 0 Å². The summed E-state index contributed by atoms with van der Waals surface area (Å²) in [6, 6.07) is 5.46. The third kappa shape index (κ3) is 2.54. The van der Waals surface area contributed by atoms with E-state index in [1.807, 2.05) is 19.1 Å². The van der Waals surface area contributed by atoms with E-state index in [1.54, 1.807) is 16.9 Å². The highest BCUT2D eigenvalue weighted by Gasteiger charge is 2.17. The maximum atomic E-state index is 10.4. The Balaban J connectivity index is 2.35. The quantitative estimate of drug-likeness (QED) is 0.925. The fraction of sp³-hybridized carbons (Fsp3) is 0.385. The maximum absolute atomic E-state index is 10.4. The minimum absolute atomic E-state index is 0.670. The Hall–Kier alpha value is -1.39. The van der Waals surface area contributed by atoms with Gasteiger partial charge >= 0.3 is 0 Å². The van der Waals surface area contributed by atoms with Gasteiger partial charge in [0.05, 0.1) is 11.9 Å². The molecule has 96 valence electrons. The summed E-state index contributed by atoms with van der Waals surface area (Å²) >= 11 is 5.92. The van der Waals surface area contributed by atoms with Gasteiger partial charge in [0.1, 0.15) is 6.10 Å². The number of hydrogen-bond acceptors (Lipinski definition) is 3. The number of aromatic nitrogens is 3. The van der Waals surface area contributed by atoms with Crippen LogP contribution in [0.3, 0.4) is 0 Å². The summed E-state index contributed by atoms with van der Waals surface area (Å²) in [4.78, 5) is 0. The Labute approximate surface area is 111 Å². The first-order chi connectivity index (χ1) is 8.63. The van der Waals surface area contributed by atoms with E-state index in [0.29, 0.717) is 10.7 Å². The van der Waals surface area contributed by atoms with Crippen LogP contribution in [-0.2, 0) is 6.54 Å². The van der Waals surface area contributed by atoms with Crippen molar-refractivity contribution in [3.8, 4) is 0 Å². The van der Waals surface area contributed by atoms with Crippen LogP contribution in [0.15, 0.2) is 24.4 Å². The maximum Gasteiger partial charge on any atom is 0.123 e. The van der Waals surface area contributed by atoms with E-state index in [2.05, 4.69) is 17.2 Å². The summed E-state index contributed by atoms with van der Waals surface area (Å²) in [6.07, 6.45) is 1.83. The minimum atomic E-state index is -0.719. The van der Waals surface area contributed by atoms with E-state index < -0.39 is 6.10 Å². The lowest BCUT2D eigenvalue weighted by atomic mass is 10.0. The molecule has 2 rings (SSSR count). The first-order valence-corrected chi connectivity index (χ1v) is 6.33. The van der Waals surface area contributed by atoms with E-state index in [9.17, 15) is 5.11 Å². The lowest BCUT2D eigenvalue weighted by molar-refractivity contribution is 0.206.